The minimum atomic E-state index is -1.49. The second-order valence-electron chi connectivity index (χ2n) is 4.68. The van der Waals surface area contributed by atoms with Gasteiger partial charge in [-0.15, -0.1) is 0 Å². The van der Waals surface area contributed by atoms with E-state index in [2.05, 4.69) is 21.2 Å². The molecular weight excluding hydrogens is 329 g/mol. The molecule has 20 heavy (non-hydrogen) atoms. The number of carboxylic acid groups (broad SMARTS) is 1. The number of hydrogen-bond donors (Lipinski definition) is 2. The minimum absolute atomic E-state index is 0.221. The molecule has 0 saturated carbocycles. The van der Waals surface area contributed by atoms with Crippen LogP contribution >= 0.6 is 15.9 Å². The van der Waals surface area contributed by atoms with Gasteiger partial charge >= 0.3 is 5.97 Å². The van der Waals surface area contributed by atoms with Gasteiger partial charge in [-0.25, -0.2) is 9.18 Å². The van der Waals surface area contributed by atoms with Crippen molar-refractivity contribution >= 4 is 27.6 Å². The summed E-state index contributed by atoms with van der Waals surface area (Å²) in [6, 6.07) is 7.44. The third-order valence-corrected chi connectivity index (χ3v) is 3.36. The molecule has 2 aromatic rings. The summed E-state index contributed by atoms with van der Waals surface area (Å²) in [6.07, 6.45) is 0. The first-order valence-electron chi connectivity index (χ1n) is 5.86. The molecule has 1 heterocycles. The van der Waals surface area contributed by atoms with Crippen molar-refractivity contribution in [2.45, 2.75) is 19.4 Å². The van der Waals surface area contributed by atoms with E-state index < -0.39 is 17.3 Å². The first-order chi connectivity index (χ1) is 9.31. The van der Waals surface area contributed by atoms with E-state index in [0.29, 0.717) is 15.9 Å². The standard InChI is InChI=1S/C14H13BrFNO3/c1-8-5-9(16)7-10(6-8)17-14(2,13(18)19)11-3-4-12(15)20-11/h3-7,17H,1-2H3,(H,18,19). The molecule has 6 heteroatoms. The van der Waals surface area contributed by atoms with Crippen molar-refractivity contribution in [2.24, 2.45) is 0 Å². The third kappa shape index (κ3) is 2.85. The van der Waals surface area contributed by atoms with Crippen molar-refractivity contribution in [2.75, 3.05) is 5.32 Å². The zero-order valence-electron chi connectivity index (χ0n) is 10.9. The van der Waals surface area contributed by atoms with Gasteiger partial charge in [-0.1, -0.05) is 0 Å². The van der Waals surface area contributed by atoms with Crippen LogP contribution in [0.1, 0.15) is 18.2 Å². The smallest absolute Gasteiger partial charge is 0.337 e. The molecule has 2 N–H and O–H groups in total. The maximum atomic E-state index is 13.4. The Morgan fingerprint density at radius 1 is 1.40 bits per heavy atom. The normalized spacial score (nSPS) is 13.8. The number of nitrogens with one attached hydrogen (secondary N) is 1. The van der Waals surface area contributed by atoms with E-state index in [1.165, 1.54) is 19.1 Å². The van der Waals surface area contributed by atoms with Gasteiger partial charge in [-0.05, 0) is 65.7 Å². The van der Waals surface area contributed by atoms with Crippen molar-refractivity contribution in [3.05, 3.63) is 52.1 Å². The molecule has 0 aliphatic carbocycles. The molecule has 0 aliphatic heterocycles. The van der Waals surface area contributed by atoms with Gasteiger partial charge in [0.1, 0.15) is 11.6 Å². The fourth-order valence-corrected chi connectivity index (χ4v) is 2.21. The van der Waals surface area contributed by atoms with E-state index in [1.54, 1.807) is 25.1 Å². The summed E-state index contributed by atoms with van der Waals surface area (Å²) in [6.45, 7) is 3.19. The highest BCUT2D eigenvalue weighted by molar-refractivity contribution is 9.10. The van der Waals surface area contributed by atoms with E-state index >= 15 is 0 Å². The van der Waals surface area contributed by atoms with Crippen LogP contribution in [0.2, 0.25) is 0 Å². The van der Waals surface area contributed by atoms with Crippen molar-refractivity contribution in [3.8, 4) is 0 Å². The quantitative estimate of drug-likeness (QED) is 0.885. The zero-order valence-corrected chi connectivity index (χ0v) is 12.5. The highest BCUT2D eigenvalue weighted by Gasteiger charge is 2.38. The summed E-state index contributed by atoms with van der Waals surface area (Å²) in [4.78, 5) is 11.6. The van der Waals surface area contributed by atoms with E-state index in [1.807, 2.05) is 0 Å². The average molecular weight is 342 g/mol. The van der Waals surface area contributed by atoms with Crippen molar-refractivity contribution in [1.29, 1.82) is 0 Å². The predicted octanol–water partition coefficient (Wildman–Crippen LogP) is 3.90. The Balaban J connectivity index is 2.41. The molecule has 0 spiro atoms. The molecule has 1 aromatic heterocycles. The average Bonchev–Trinajstić information content (AvgIpc) is 2.74. The van der Waals surface area contributed by atoms with Crippen LogP contribution in [-0.2, 0) is 10.3 Å². The van der Waals surface area contributed by atoms with E-state index in [9.17, 15) is 14.3 Å². The van der Waals surface area contributed by atoms with E-state index in [0.717, 1.165) is 0 Å². The second-order valence-corrected chi connectivity index (χ2v) is 5.46. The Hall–Kier alpha value is -1.82. The van der Waals surface area contributed by atoms with Gasteiger partial charge in [0, 0.05) is 5.69 Å². The number of benzene rings is 1. The van der Waals surface area contributed by atoms with Crippen LogP contribution in [0.25, 0.3) is 0 Å². The number of rotatable bonds is 4. The number of carboxylic acids is 1. The summed E-state index contributed by atoms with van der Waals surface area (Å²) >= 11 is 3.14. The van der Waals surface area contributed by atoms with Crippen LogP contribution in [0.4, 0.5) is 10.1 Å². The Labute approximate surface area is 123 Å². The Kier molecular flexibility index (Phi) is 3.85. The largest absolute Gasteiger partial charge is 0.479 e. The number of anilines is 1. The van der Waals surface area contributed by atoms with Gasteiger partial charge in [-0.3, -0.25) is 0 Å². The fourth-order valence-electron chi connectivity index (χ4n) is 1.90. The van der Waals surface area contributed by atoms with Crippen LogP contribution < -0.4 is 5.32 Å². The number of halogens is 2. The third-order valence-electron chi connectivity index (χ3n) is 2.93. The monoisotopic (exact) mass is 341 g/mol. The van der Waals surface area contributed by atoms with Crippen LogP contribution in [0.5, 0.6) is 0 Å². The molecule has 0 fully saturated rings. The van der Waals surface area contributed by atoms with E-state index in [4.69, 9.17) is 4.42 Å². The molecule has 0 amide bonds. The molecule has 106 valence electrons. The summed E-state index contributed by atoms with van der Waals surface area (Å²) < 4.78 is 19.1. The van der Waals surface area contributed by atoms with Crippen molar-refractivity contribution in [1.82, 2.24) is 0 Å². The summed E-state index contributed by atoms with van der Waals surface area (Å²) in [7, 11) is 0. The molecule has 0 radical (unpaired) electrons. The topological polar surface area (TPSA) is 62.5 Å². The summed E-state index contributed by atoms with van der Waals surface area (Å²) in [5.41, 5.74) is -0.424. The Morgan fingerprint density at radius 3 is 2.60 bits per heavy atom. The number of carbonyl (C=O) groups is 1. The number of furan rings is 1. The number of hydrogen-bond acceptors (Lipinski definition) is 3. The maximum absolute atomic E-state index is 13.4. The van der Waals surface area contributed by atoms with Gasteiger partial charge in [0.05, 0.1) is 0 Å². The first kappa shape index (κ1) is 14.6. The predicted molar refractivity (Wildman–Crippen MR) is 76.2 cm³/mol. The van der Waals surface area contributed by atoms with Gasteiger partial charge in [-0.2, -0.15) is 0 Å². The van der Waals surface area contributed by atoms with Crippen LogP contribution in [0.15, 0.2) is 39.4 Å². The van der Waals surface area contributed by atoms with E-state index in [-0.39, 0.29) is 5.76 Å². The second kappa shape index (κ2) is 5.28. The summed E-state index contributed by atoms with van der Waals surface area (Å²) in [5.74, 6) is -1.33. The molecular formula is C14H13BrFNO3. The van der Waals surface area contributed by atoms with Crippen LogP contribution in [-0.4, -0.2) is 11.1 Å². The molecule has 1 unspecified atom stereocenters. The molecule has 0 saturated heterocycles. The molecule has 1 aromatic carbocycles. The number of aryl methyl sites for hydroxylation is 1. The van der Waals surface area contributed by atoms with Crippen LogP contribution in [0.3, 0.4) is 0 Å². The maximum Gasteiger partial charge on any atom is 0.337 e. The SMILES string of the molecule is Cc1cc(F)cc(NC(C)(C(=O)O)c2ccc(Br)o2)c1. The van der Waals surface area contributed by atoms with Gasteiger partial charge in [0.15, 0.2) is 10.2 Å². The van der Waals surface area contributed by atoms with Gasteiger partial charge < -0.3 is 14.8 Å². The lowest BCUT2D eigenvalue weighted by molar-refractivity contribution is -0.142. The highest BCUT2D eigenvalue weighted by atomic mass is 79.9. The molecule has 4 nitrogen and oxygen atoms in total. The number of aliphatic carboxylic acids is 1. The molecule has 1 atom stereocenters. The minimum Gasteiger partial charge on any atom is -0.479 e. The molecule has 0 aliphatic rings. The highest BCUT2D eigenvalue weighted by Crippen LogP contribution is 2.30. The van der Waals surface area contributed by atoms with Gasteiger partial charge in [0.2, 0.25) is 0 Å². The lowest BCUT2D eigenvalue weighted by Gasteiger charge is -2.25. The molecule has 2 rings (SSSR count). The van der Waals surface area contributed by atoms with Crippen LogP contribution in [0, 0.1) is 12.7 Å². The lowest BCUT2D eigenvalue weighted by atomic mass is 9.98. The van der Waals surface area contributed by atoms with Crippen molar-refractivity contribution < 1.29 is 18.7 Å². The Bertz CT molecular complexity index is 635. The summed E-state index contributed by atoms with van der Waals surface area (Å²) in [5, 5.41) is 12.3. The first-order valence-corrected chi connectivity index (χ1v) is 6.65. The lowest BCUT2D eigenvalue weighted by Crippen LogP contribution is -2.40. The zero-order chi connectivity index (χ0) is 14.9. The Morgan fingerprint density at radius 2 is 2.10 bits per heavy atom. The van der Waals surface area contributed by atoms with Crippen molar-refractivity contribution in [3.63, 3.8) is 0 Å². The van der Waals surface area contributed by atoms with Gasteiger partial charge in [0.25, 0.3) is 0 Å². The molecule has 0 bridgehead atoms. The fraction of sp³-hybridized carbons (Fsp3) is 0.214.